The van der Waals surface area contributed by atoms with Gasteiger partial charge >= 0.3 is 0 Å². The highest BCUT2D eigenvalue weighted by Gasteiger charge is 2.16. The van der Waals surface area contributed by atoms with E-state index >= 15 is 0 Å². The van der Waals surface area contributed by atoms with Crippen molar-refractivity contribution in [3.63, 3.8) is 0 Å². The number of halogens is 1. The monoisotopic (exact) mass is 311 g/mol. The highest BCUT2D eigenvalue weighted by atomic mass is 35.5. The number of amides is 1. The molecule has 2 N–H and O–H groups in total. The van der Waals surface area contributed by atoms with Crippen molar-refractivity contribution < 1.29 is 9.72 Å². The van der Waals surface area contributed by atoms with Crippen molar-refractivity contribution >= 4 is 28.9 Å². The van der Waals surface area contributed by atoms with Crippen LogP contribution in [0.3, 0.4) is 0 Å². The Balaban J connectivity index is 1.89. The van der Waals surface area contributed by atoms with Crippen LogP contribution in [0.2, 0.25) is 5.02 Å². The number of anilines is 1. The maximum atomic E-state index is 11.9. The largest absolute Gasteiger partial charge is 0.325 e. The van der Waals surface area contributed by atoms with Crippen LogP contribution in [0.5, 0.6) is 0 Å². The van der Waals surface area contributed by atoms with Crippen LogP contribution < -0.4 is 10.6 Å². The van der Waals surface area contributed by atoms with E-state index in [-0.39, 0.29) is 17.3 Å². The Morgan fingerprint density at radius 1 is 1.52 bits per heavy atom. The topological polar surface area (TPSA) is 84.3 Å². The third-order valence-electron chi connectivity index (χ3n) is 3.61. The number of carbonyl (C=O) groups excluding carboxylic acids is 1. The Kier molecular flexibility index (Phi) is 5.52. The number of nitrogens with one attached hydrogen (secondary N) is 2. The van der Waals surface area contributed by atoms with Gasteiger partial charge in [0.1, 0.15) is 0 Å². The zero-order chi connectivity index (χ0) is 15.2. The fourth-order valence-corrected chi connectivity index (χ4v) is 2.61. The fraction of sp³-hybridized carbons (Fsp3) is 0.500. The molecule has 1 aliphatic rings. The van der Waals surface area contributed by atoms with Crippen molar-refractivity contribution in [2.75, 3.05) is 18.4 Å². The first-order valence-electron chi connectivity index (χ1n) is 7.01. The molecule has 1 aromatic carbocycles. The van der Waals surface area contributed by atoms with E-state index < -0.39 is 4.92 Å². The molecule has 0 aliphatic carbocycles. The summed E-state index contributed by atoms with van der Waals surface area (Å²) in [5, 5.41) is 17.0. The van der Waals surface area contributed by atoms with E-state index in [9.17, 15) is 14.9 Å². The van der Waals surface area contributed by atoms with Crippen molar-refractivity contribution in [3.8, 4) is 0 Å². The van der Waals surface area contributed by atoms with Gasteiger partial charge in [-0.3, -0.25) is 14.9 Å². The lowest BCUT2D eigenvalue weighted by molar-refractivity contribution is -0.384. The summed E-state index contributed by atoms with van der Waals surface area (Å²) in [6, 6.07) is 4.01. The number of nitro groups is 1. The van der Waals surface area contributed by atoms with E-state index in [1.807, 2.05) is 0 Å². The zero-order valence-corrected chi connectivity index (χ0v) is 12.4. The lowest BCUT2D eigenvalue weighted by Gasteiger charge is -2.22. The molecule has 6 nitrogen and oxygen atoms in total. The van der Waals surface area contributed by atoms with Crippen LogP contribution in [0, 0.1) is 16.0 Å². The molecule has 1 fully saturated rings. The van der Waals surface area contributed by atoms with E-state index in [1.165, 1.54) is 18.2 Å². The molecule has 1 atom stereocenters. The zero-order valence-electron chi connectivity index (χ0n) is 11.6. The molecule has 0 aromatic heterocycles. The smallest absolute Gasteiger partial charge is 0.271 e. The highest BCUT2D eigenvalue weighted by Crippen LogP contribution is 2.27. The Morgan fingerprint density at radius 2 is 2.33 bits per heavy atom. The molecule has 2 rings (SSSR count). The lowest BCUT2D eigenvalue weighted by Crippen LogP contribution is -2.30. The number of hydrogen-bond acceptors (Lipinski definition) is 4. The van der Waals surface area contributed by atoms with E-state index in [4.69, 9.17) is 11.6 Å². The van der Waals surface area contributed by atoms with E-state index in [0.717, 1.165) is 32.4 Å². The third-order valence-corrected chi connectivity index (χ3v) is 3.94. The summed E-state index contributed by atoms with van der Waals surface area (Å²) in [5.41, 5.74) is 0.198. The van der Waals surface area contributed by atoms with E-state index in [2.05, 4.69) is 10.6 Å². The summed E-state index contributed by atoms with van der Waals surface area (Å²) in [5.74, 6) is 0.355. The lowest BCUT2D eigenvalue weighted by atomic mass is 9.94. The van der Waals surface area contributed by atoms with Crippen LogP contribution >= 0.6 is 11.6 Å². The van der Waals surface area contributed by atoms with Crippen LogP contribution in [0.25, 0.3) is 0 Å². The van der Waals surface area contributed by atoms with E-state index in [1.54, 1.807) is 0 Å². The standard InChI is InChI=1S/C14H18ClN3O3/c15-12-5-4-11(18(20)21)8-13(12)17-14(19)6-3-10-2-1-7-16-9-10/h4-5,8,10,16H,1-3,6-7,9H2,(H,17,19). The molecule has 1 heterocycles. The molecule has 1 aliphatic heterocycles. The van der Waals surface area contributed by atoms with Crippen molar-refractivity contribution in [2.24, 2.45) is 5.92 Å². The van der Waals surface area contributed by atoms with Crippen molar-refractivity contribution in [1.82, 2.24) is 5.32 Å². The fourth-order valence-electron chi connectivity index (χ4n) is 2.44. The Hall–Kier alpha value is -1.66. The van der Waals surface area contributed by atoms with Gasteiger partial charge < -0.3 is 10.6 Å². The van der Waals surface area contributed by atoms with Gasteiger partial charge in [-0.05, 0) is 44.3 Å². The number of hydrogen-bond donors (Lipinski definition) is 2. The number of nitrogens with zero attached hydrogens (tertiary/aromatic N) is 1. The summed E-state index contributed by atoms with van der Waals surface area (Å²) in [7, 11) is 0. The Labute approximate surface area is 128 Å². The summed E-state index contributed by atoms with van der Waals surface area (Å²) >= 11 is 5.95. The second kappa shape index (κ2) is 7.38. The van der Waals surface area contributed by atoms with Crippen molar-refractivity contribution in [1.29, 1.82) is 0 Å². The minimum atomic E-state index is -0.514. The molecule has 1 aromatic rings. The Morgan fingerprint density at radius 3 is 3.00 bits per heavy atom. The number of benzene rings is 1. The van der Waals surface area contributed by atoms with Gasteiger partial charge in [0.25, 0.3) is 5.69 Å². The van der Waals surface area contributed by atoms with Crippen molar-refractivity contribution in [2.45, 2.75) is 25.7 Å². The van der Waals surface area contributed by atoms with Gasteiger partial charge in [0, 0.05) is 18.6 Å². The Bertz CT molecular complexity index is 530. The van der Waals surface area contributed by atoms with Gasteiger partial charge in [-0.1, -0.05) is 11.6 Å². The first-order valence-corrected chi connectivity index (χ1v) is 7.38. The quantitative estimate of drug-likeness (QED) is 0.646. The summed E-state index contributed by atoms with van der Waals surface area (Å²) in [6.07, 6.45) is 3.48. The summed E-state index contributed by atoms with van der Waals surface area (Å²) in [6.45, 7) is 2.00. The predicted octanol–water partition coefficient (Wildman–Crippen LogP) is 2.97. The minimum absolute atomic E-state index is 0.0915. The van der Waals surface area contributed by atoms with Crippen molar-refractivity contribution in [3.05, 3.63) is 33.3 Å². The second-order valence-electron chi connectivity index (χ2n) is 5.22. The van der Waals surface area contributed by atoms with E-state index in [0.29, 0.717) is 17.4 Å². The van der Waals surface area contributed by atoms with Gasteiger partial charge in [-0.25, -0.2) is 0 Å². The molecule has 1 saturated heterocycles. The average molecular weight is 312 g/mol. The highest BCUT2D eigenvalue weighted by molar-refractivity contribution is 6.33. The maximum absolute atomic E-state index is 11.9. The molecule has 1 amide bonds. The van der Waals surface area contributed by atoms with Crippen LogP contribution in [-0.2, 0) is 4.79 Å². The minimum Gasteiger partial charge on any atom is -0.325 e. The van der Waals surface area contributed by atoms with Gasteiger partial charge in [0.2, 0.25) is 5.91 Å². The second-order valence-corrected chi connectivity index (χ2v) is 5.63. The summed E-state index contributed by atoms with van der Waals surface area (Å²) < 4.78 is 0. The summed E-state index contributed by atoms with van der Waals surface area (Å²) in [4.78, 5) is 22.1. The van der Waals surface area contributed by atoms with Crippen LogP contribution in [-0.4, -0.2) is 23.9 Å². The molecule has 1 unspecified atom stereocenters. The molecular weight excluding hydrogens is 294 g/mol. The molecule has 0 saturated carbocycles. The van der Waals surface area contributed by atoms with Crippen LogP contribution in [0.1, 0.15) is 25.7 Å². The average Bonchev–Trinajstić information content (AvgIpc) is 2.48. The third kappa shape index (κ3) is 4.68. The SMILES string of the molecule is O=C(CCC1CCCNC1)Nc1cc([N+](=O)[O-])ccc1Cl. The molecule has 7 heteroatoms. The molecule has 0 spiro atoms. The van der Waals surface area contributed by atoms with Gasteiger partial charge in [-0.15, -0.1) is 0 Å². The number of rotatable bonds is 5. The maximum Gasteiger partial charge on any atom is 0.271 e. The van der Waals surface area contributed by atoms with Gasteiger partial charge in [0.05, 0.1) is 15.6 Å². The predicted molar refractivity (Wildman–Crippen MR) is 81.6 cm³/mol. The molecule has 21 heavy (non-hydrogen) atoms. The van der Waals surface area contributed by atoms with Crippen LogP contribution in [0.4, 0.5) is 11.4 Å². The number of nitro benzene ring substituents is 1. The van der Waals surface area contributed by atoms with Gasteiger partial charge in [0.15, 0.2) is 0 Å². The van der Waals surface area contributed by atoms with Crippen LogP contribution in [0.15, 0.2) is 18.2 Å². The molecule has 0 radical (unpaired) electrons. The molecular formula is C14H18ClN3O3. The van der Waals surface area contributed by atoms with Gasteiger partial charge in [-0.2, -0.15) is 0 Å². The number of non-ortho nitro benzene ring substituents is 1. The first-order chi connectivity index (χ1) is 10.1. The number of piperidine rings is 1. The normalized spacial score (nSPS) is 18.2. The first kappa shape index (κ1) is 15.7. The molecule has 0 bridgehead atoms. The molecule has 114 valence electrons. The number of carbonyl (C=O) groups is 1.